The fourth-order valence-electron chi connectivity index (χ4n) is 4.75. The molecule has 1 aliphatic heterocycles. The van der Waals surface area contributed by atoms with Crippen LogP contribution in [0, 0.1) is 0 Å². The van der Waals surface area contributed by atoms with E-state index in [0.29, 0.717) is 47.3 Å². The van der Waals surface area contributed by atoms with E-state index in [2.05, 4.69) is 16.9 Å². The van der Waals surface area contributed by atoms with Crippen LogP contribution in [-0.4, -0.2) is 44.2 Å². The van der Waals surface area contributed by atoms with Crippen LogP contribution in [0.4, 0.5) is 11.5 Å². The van der Waals surface area contributed by atoms with Crippen molar-refractivity contribution in [1.29, 1.82) is 0 Å². The molecule has 1 atom stereocenters. The Morgan fingerprint density at radius 2 is 2.05 bits per heavy atom. The van der Waals surface area contributed by atoms with Crippen molar-refractivity contribution in [1.82, 2.24) is 19.3 Å². The van der Waals surface area contributed by atoms with Crippen LogP contribution in [0.25, 0.3) is 16.8 Å². The van der Waals surface area contributed by atoms with Gasteiger partial charge in [0.2, 0.25) is 5.91 Å². The van der Waals surface area contributed by atoms with E-state index in [1.54, 1.807) is 41.6 Å². The van der Waals surface area contributed by atoms with E-state index in [1.165, 1.54) is 6.08 Å². The molecule has 1 aliphatic rings. The van der Waals surface area contributed by atoms with Gasteiger partial charge in [0.25, 0.3) is 5.91 Å². The molecule has 5 rings (SSSR count). The highest BCUT2D eigenvalue weighted by molar-refractivity contribution is 6.05. The lowest BCUT2D eigenvalue weighted by Gasteiger charge is -2.22. The molecule has 3 N–H and O–H groups in total. The summed E-state index contributed by atoms with van der Waals surface area (Å²) in [7, 11) is 0. The van der Waals surface area contributed by atoms with Crippen molar-refractivity contribution in [3.63, 3.8) is 0 Å². The predicted octanol–water partition coefficient (Wildman–Crippen LogP) is 4.48. The number of fused-ring (bicyclic) bond motifs is 1. The molecule has 2 aromatic carbocycles. The second-order valence-electron chi connectivity index (χ2n) is 8.74. The van der Waals surface area contributed by atoms with Crippen LogP contribution < -0.4 is 15.8 Å². The standard InChI is InChI=1S/C28H28N6O3/c1-3-23(35)33-15-6-9-22(33)27-32-24(25-26(29)30-14-16-34(25)27)18-7-5-8-19(17-18)28(36)31-20-10-12-21(13-11-20)37-4-2/h3,5,7-8,10-14,16-17,22H,1,4,6,9,15H2,2H3,(H2,29,30)(H,31,36)/t22-/m0/s1. The first-order valence-electron chi connectivity index (χ1n) is 12.2. The normalized spacial score (nSPS) is 15.1. The summed E-state index contributed by atoms with van der Waals surface area (Å²) in [5.74, 6) is 1.39. The maximum Gasteiger partial charge on any atom is 0.255 e. The zero-order chi connectivity index (χ0) is 25.9. The molecule has 0 unspecified atom stereocenters. The van der Waals surface area contributed by atoms with Gasteiger partial charge in [-0.25, -0.2) is 9.97 Å². The summed E-state index contributed by atoms with van der Waals surface area (Å²) in [4.78, 5) is 36.5. The molecule has 9 nitrogen and oxygen atoms in total. The van der Waals surface area contributed by atoms with Gasteiger partial charge >= 0.3 is 0 Å². The Bertz CT molecular complexity index is 1480. The highest BCUT2D eigenvalue weighted by Gasteiger charge is 2.33. The number of hydrogen-bond donors (Lipinski definition) is 2. The molecule has 0 spiro atoms. The van der Waals surface area contributed by atoms with Crippen molar-refractivity contribution < 1.29 is 14.3 Å². The van der Waals surface area contributed by atoms with Crippen molar-refractivity contribution in [2.24, 2.45) is 0 Å². The van der Waals surface area contributed by atoms with E-state index in [4.69, 9.17) is 15.5 Å². The zero-order valence-corrected chi connectivity index (χ0v) is 20.6. The zero-order valence-electron chi connectivity index (χ0n) is 20.6. The molecule has 9 heteroatoms. The number of nitrogens with zero attached hydrogens (tertiary/aromatic N) is 4. The van der Waals surface area contributed by atoms with E-state index >= 15 is 0 Å². The number of benzene rings is 2. The topological polar surface area (TPSA) is 115 Å². The molecule has 0 bridgehead atoms. The number of likely N-dealkylation sites (tertiary alicyclic amines) is 1. The van der Waals surface area contributed by atoms with Gasteiger partial charge in [0.05, 0.1) is 12.6 Å². The largest absolute Gasteiger partial charge is 0.494 e. The highest BCUT2D eigenvalue weighted by atomic mass is 16.5. The van der Waals surface area contributed by atoms with Gasteiger partial charge in [-0.2, -0.15) is 0 Å². The second-order valence-corrected chi connectivity index (χ2v) is 8.74. The molecule has 4 aromatic rings. The van der Waals surface area contributed by atoms with E-state index < -0.39 is 0 Å². The third-order valence-corrected chi connectivity index (χ3v) is 6.44. The minimum Gasteiger partial charge on any atom is -0.494 e. The van der Waals surface area contributed by atoms with Crippen molar-refractivity contribution in [2.75, 3.05) is 24.2 Å². The van der Waals surface area contributed by atoms with Gasteiger partial charge < -0.3 is 20.7 Å². The summed E-state index contributed by atoms with van der Waals surface area (Å²) in [6.45, 7) is 6.77. The van der Waals surface area contributed by atoms with Crippen molar-refractivity contribution in [2.45, 2.75) is 25.8 Å². The van der Waals surface area contributed by atoms with Gasteiger partial charge in [0, 0.05) is 35.8 Å². The van der Waals surface area contributed by atoms with Crippen LogP contribution in [-0.2, 0) is 4.79 Å². The number of carbonyl (C=O) groups is 2. The molecule has 2 amide bonds. The molecule has 188 valence electrons. The Morgan fingerprint density at radius 3 is 2.81 bits per heavy atom. The van der Waals surface area contributed by atoms with Crippen molar-refractivity contribution in [3.8, 4) is 17.0 Å². The number of nitrogens with one attached hydrogen (secondary N) is 1. The number of hydrogen-bond acceptors (Lipinski definition) is 6. The SMILES string of the molecule is C=CC(=O)N1CCC[C@H]1c1nc(-c2cccc(C(=O)Nc3ccc(OCC)cc3)c2)c2c(N)nccn12. The number of imidazole rings is 1. The lowest BCUT2D eigenvalue weighted by atomic mass is 10.1. The summed E-state index contributed by atoms with van der Waals surface area (Å²) < 4.78 is 7.35. The molecule has 2 aromatic heterocycles. The van der Waals surface area contributed by atoms with Gasteiger partial charge in [-0.3, -0.25) is 14.0 Å². The number of aromatic nitrogens is 3. The minimum absolute atomic E-state index is 0.129. The van der Waals surface area contributed by atoms with E-state index in [1.807, 2.05) is 35.6 Å². The molecule has 0 aliphatic carbocycles. The highest BCUT2D eigenvalue weighted by Crippen LogP contribution is 2.36. The smallest absolute Gasteiger partial charge is 0.255 e. The first kappa shape index (κ1) is 24.1. The van der Waals surface area contributed by atoms with E-state index in [0.717, 1.165) is 24.2 Å². The average molecular weight is 497 g/mol. The van der Waals surface area contributed by atoms with Crippen LogP contribution >= 0.6 is 0 Å². The fraction of sp³-hybridized carbons (Fsp3) is 0.214. The number of carbonyl (C=O) groups excluding carboxylic acids is 2. The van der Waals surface area contributed by atoms with Gasteiger partial charge in [-0.1, -0.05) is 18.7 Å². The molecular weight excluding hydrogens is 468 g/mol. The molecular formula is C28H28N6O3. The third kappa shape index (κ3) is 4.63. The number of nitrogens with two attached hydrogens (primary N) is 1. The van der Waals surface area contributed by atoms with Gasteiger partial charge in [0.1, 0.15) is 28.6 Å². The number of anilines is 2. The quantitative estimate of drug-likeness (QED) is 0.365. The predicted molar refractivity (Wildman–Crippen MR) is 142 cm³/mol. The monoisotopic (exact) mass is 496 g/mol. The summed E-state index contributed by atoms with van der Waals surface area (Å²) in [5, 5.41) is 2.92. The van der Waals surface area contributed by atoms with Crippen molar-refractivity contribution >= 4 is 28.8 Å². The van der Waals surface area contributed by atoms with Crippen LogP contribution in [0.1, 0.15) is 42.0 Å². The van der Waals surface area contributed by atoms with Crippen LogP contribution in [0.5, 0.6) is 5.75 Å². The first-order valence-corrected chi connectivity index (χ1v) is 12.2. The Balaban J connectivity index is 1.50. The van der Waals surface area contributed by atoms with Gasteiger partial charge in [-0.15, -0.1) is 0 Å². The minimum atomic E-state index is -0.251. The maximum atomic E-state index is 13.0. The summed E-state index contributed by atoms with van der Waals surface area (Å²) >= 11 is 0. The Morgan fingerprint density at radius 1 is 1.24 bits per heavy atom. The van der Waals surface area contributed by atoms with Crippen LogP contribution in [0.2, 0.25) is 0 Å². The molecule has 1 fully saturated rings. The molecule has 37 heavy (non-hydrogen) atoms. The average Bonchev–Trinajstić information content (AvgIpc) is 3.55. The second kappa shape index (κ2) is 10.1. The molecule has 3 heterocycles. The number of ether oxygens (including phenoxy) is 1. The number of nitrogen functional groups attached to an aromatic ring is 1. The fourth-order valence-corrected chi connectivity index (χ4v) is 4.75. The maximum absolute atomic E-state index is 13.0. The lowest BCUT2D eigenvalue weighted by Crippen LogP contribution is -2.29. The number of amides is 2. The van der Waals surface area contributed by atoms with Crippen molar-refractivity contribution in [3.05, 3.63) is 85.0 Å². The van der Waals surface area contributed by atoms with Gasteiger partial charge in [-0.05, 0) is 62.2 Å². The summed E-state index contributed by atoms with van der Waals surface area (Å²) in [6, 6.07) is 14.2. The first-order chi connectivity index (χ1) is 18.0. The van der Waals surface area contributed by atoms with Gasteiger partial charge in [0.15, 0.2) is 0 Å². The Hall–Kier alpha value is -4.66. The summed E-state index contributed by atoms with van der Waals surface area (Å²) in [5.41, 5.74) is 9.41. The van der Waals surface area contributed by atoms with E-state index in [9.17, 15) is 9.59 Å². The summed E-state index contributed by atoms with van der Waals surface area (Å²) in [6.07, 6.45) is 6.40. The van der Waals surface area contributed by atoms with Crippen LogP contribution in [0.3, 0.4) is 0 Å². The third-order valence-electron chi connectivity index (χ3n) is 6.44. The Kier molecular flexibility index (Phi) is 6.59. The van der Waals surface area contributed by atoms with E-state index in [-0.39, 0.29) is 17.9 Å². The van der Waals surface area contributed by atoms with Crippen LogP contribution in [0.15, 0.2) is 73.6 Å². The molecule has 0 radical (unpaired) electrons. The Labute approximate surface area is 214 Å². The number of rotatable bonds is 7. The lowest BCUT2D eigenvalue weighted by molar-refractivity contribution is -0.127. The molecule has 0 saturated carbocycles. The molecule has 1 saturated heterocycles.